The molecule has 0 amide bonds. The number of hydrogen-bond donors (Lipinski definition) is 1. The van der Waals surface area contributed by atoms with Crippen molar-refractivity contribution in [1.82, 2.24) is 0 Å². The van der Waals surface area contributed by atoms with Gasteiger partial charge in [-0.1, -0.05) is 12.1 Å². The van der Waals surface area contributed by atoms with Gasteiger partial charge in [-0.15, -0.1) is 0 Å². The lowest BCUT2D eigenvalue weighted by molar-refractivity contribution is -0.0503. The average Bonchev–Trinajstić information content (AvgIpc) is 2.86. The quantitative estimate of drug-likeness (QED) is 0.836. The van der Waals surface area contributed by atoms with Gasteiger partial charge in [0.05, 0.1) is 0 Å². The largest absolute Gasteiger partial charge is 0.435 e. The molecule has 0 saturated heterocycles. The molecule has 1 aliphatic rings. The number of hydrogen-bond acceptors (Lipinski definition) is 2. The minimum Gasteiger partial charge on any atom is -0.435 e. The van der Waals surface area contributed by atoms with Crippen LogP contribution in [0.4, 0.5) is 8.78 Å². The van der Waals surface area contributed by atoms with Crippen molar-refractivity contribution in [2.45, 2.75) is 31.9 Å². The summed E-state index contributed by atoms with van der Waals surface area (Å²) in [6, 6.07) is 5.55. The average molecular weight is 213 g/mol. The Hall–Kier alpha value is -1.16. The van der Waals surface area contributed by atoms with Crippen molar-refractivity contribution < 1.29 is 13.5 Å². The van der Waals surface area contributed by atoms with Crippen LogP contribution in [0.25, 0.3) is 0 Å². The van der Waals surface area contributed by atoms with Gasteiger partial charge in [-0.2, -0.15) is 8.78 Å². The summed E-state index contributed by atoms with van der Waals surface area (Å²) in [6.45, 7) is -1.03. The molecule has 1 fully saturated rings. The van der Waals surface area contributed by atoms with E-state index in [0.717, 1.165) is 12.0 Å². The summed E-state index contributed by atoms with van der Waals surface area (Å²) >= 11 is 0. The van der Waals surface area contributed by atoms with Gasteiger partial charge in [-0.25, -0.2) is 0 Å². The van der Waals surface area contributed by atoms with Crippen molar-refractivity contribution in [3.8, 4) is 5.75 Å². The van der Waals surface area contributed by atoms with Gasteiger partial charge in [0.2, 0.25) is 0 Å². The Morgan fingerprint density at radius 3 is 2.67 bits per heavy atom. The van der Waals surface area contributed by atoms with Crippen LogP contribution >= 0.6 is 0 Å². The SMILES string of the molecule is Cc1ccc(C2CC2N)cc1OC(F)F. The van der Waals surface area contributed by atoms with Gasteiger partial charge in [-0.05, 0) is 30.5 Å². The molecule has 2 atom stereocenters. The first-order chi connectivity index (χ1) is 7.08. The van der Waals surface area contributed by atoms with Gasteiger partial charge in [0, 0.05) is 12.0 Å². The predicted molar refractivity (Wildman–Crippen MR) is 53.1 cm³/mol. The second kappa shape index (κ2) is 3.77. The molecule has 1 saturated carbocycles. The fourth-order valence-electron chi connectivity index (χ4n) is 1.67. The van der Waals surface area contributed by atoms with E-state index in [-0.39, 0.29) is 11.8 Å². The maximum absolute atomic E-state index is 12.1. The Balaban J connectivity index is 2.21. The molecule has 0 heterocycles. The van der Waals surface area contributed by atoms with E-state index in [1.165, 1.54) is 0 Å². The summed E-state index contributed by atoms with van der Waals surface area (Å²) in [6.07, 6.45) is 0.928. The standard InChI is InChI=1S/C11H13F2NO/c1-6-2-3-7(8-5-9(8)14)4-10(6)15-11(12)13/h2-4,8-9,11H,5,14H2,1H3. The zero-order valence-corrected chi connectivity index (χ0v) is 8.41. The highest BCUT2D eigenvalue weighted by Gasteiger charge is 2.35. The first kappa shape index (κ1) is 10.4. The Bertz CT molecular complexity index is 368. The number of rotatable bonds is 3. The maximum Gasteiger partial charge on any atom is 0.387 e. The summed E-state index contributed by atoms with van der Waals surface area (Å²) in [5.41, 5.74) is 7.40. The van der Waals surface area contributed by atoms with Crippen LogP contribution in [0.2, 0.25) is 0 Å². The van der Waals surface area contributed by atoms with E-state index in [4.69, 9.17) is 5.73 Å². The number of aryl methyl sites for hydroxylation is 1. The van der Waals surface area contributed by atoms with E-state index >= 15 is 0 Å². The zero-order chi connectivity index (χ0) is 11.0. The lowest BCUT2D eigenvalue weighted by Crippen LogP contribution is -2.05. The van der Waals surface area contributed by atoms with E-state index in [0.29, 0.717) is 11.5 Å². The van der Waals surface area contributed by atoms with Crippen LogP contribution in [0.5, 0.6) is 5.75 Å². The summed E-state index contributed by atoms with van der Waals surface area (Å²) in [5, 5.41) is 0. The third-order valence-electron chi connectivity index (χ3n) is 2.70. The van der Waals surface area contributed by atoms with Gasteiger partial charge < -0.3 is 10.5 Å². The highest BCUT2D eigenvalue weighted by molar-refractivity contribution is 5.40. The molecular formula is C11H13F2NO. The van der Waals surface area contributed by atoms with E-state index in [1.807, 2.05) is 6.07 Å². The number of nitrogens with two attached hydrogens (primary N) is 1. The maximum atomic E-state index is 12.1. The molecule has 0 bridgehead atoms. The van der Waals surface area contributed by atoms with Crippen LogP contribution < -0.4 is 10.5 Å². The number of halogens is 2. The lowest BCUT2D eigenvalue weighted by Gasteiger charge is -2.09. The predicted octanol–water partition coefficient (Wildman–Crippen LogP) is 2.41. The Labute approximate surface area is 87.0 Å². The Morgan fingerprint density at radius 2 is 2.13 bits per heavy atom. The molecule has 1 aromatic carbocycles. The fourth-order valence-corrected chi connectivity index (χ4v) is 1.67. The topological polar surface area (TPSA) is 35.2 Å². The van der Waals surface area contributed by atoms with Gasteiger partial charge in [0.1, 0.15) is 5.75 Å². The molecule has 2 nitrogen and oxygen atoms in total. The fraction of sp³-hybridized carbons (Fsp3) is 0.455. The molecule has 2 unspecified atom stereocenters. The Kier molecular flexibility index (Phi) is 2.61. The van der Waals surface area contributed by atoms with Gasteiger partial charge in [0.15, 0.2) is 0 Å². The summed E-state index contributed by atoms with van der Waals surface area (Å²) in [7, 11) is 0. The number of alkyl halides is 2. The molecule has 15 heavy (non-hydrogen) atoms. The van der Waals surface area contributed by atoms with Crippen LogP contribution in [-0.4, -0.2) is 12.7 Å². The third-order valence-corrected chi connectivity index (χ3v) is 2.70. The molecule has 82 valence electrons. The monoisotopic (exact) mass is 213 g/mol. The molecule has 0 spiro atoms. The molecule has 0 aliphatic heterocycles. The smallest absolute Gasteiger partial charge is 0.387 e. The van der Waals surface area contributed by atoms with Crippen LogP contribution in [0.3, 0.4) is 0 Å². The van der Waals surface area contributed by atoms with Gasteiger partial charge in [0.25, 0.3) is 0 Å². The first-order valence-electron chi connectivity index (χ1n) is 4.89. The number of benzene rings is 1. The van der Waals surface area contributed by atoms with Gasteiger partial charge >= 0.3 is 6.61 Å². The molecule has 2 N–H and O–H groups in total. The van der Waals surface area contributed by atoms with Crippen LogP contribution in [0.15, 0.2) is 18.2 Å². The molecule has 0 radical (unpaired) electrons. The van der Waals surface area contributed by atoms with Crippen molar-refractivity contribution >= 4 is 0 Å². The minimum atomic E-state index is -2.77. The van der Waals surface area contributed by atoms with Crippen molar-refractivity contribution in [2.24, 2.45) is 5.73 Å². The summed E-state index contributed by atoms with van der Waals surface area (Å²) < 4.78 is 28.6. The Morgan fingerprint density at radius 1 is 1.47 bits per heavy atom. The van der Waals surface area contributed by atoms with Crippen LogP contribution in [0.1, 0.15) is 23.5 Å². The normalized spacial score (nSPS) is 24.3. The van der Waals surface area contributed by atoms with Gasteiger partial charge in [-0.3, -0.25) is 0 Å². The zero-order valence-electron chi connectivity index (χ0n) is 8.41. The van der Waals surface area contributed by atoms with Crippen LogP contribution in [0, 0.1) is 6.92 Å². The lowest BCUT2D eigenvalue weighted by atomic mass is 10.1. The summed E-state index contributed by atoms with van der Waals surface area (Å²) in [5.74, 6) is 0.562. The first-order valence-corrected chi connectivity index (χ1v) is 4.89. The minimum absolute atomic E-state index is 0.173. The van der Waals surface area contributed by atoms with Crippen molar-refractivity contribution in [1.29, 1.82) is 0 Å². The molecule has 0 aromatic heterocycles. The van der Waals surface area contributed by atoms with Crippen LogP contribution in [-0.2, 0) is 0 Å². The van der Waals surface area contributed by atoms with Crippen molar-refractivity contribution in [3.63, 3.8) is 0 Å². The molecule has 2 rings (SSSR count). The van der Waals surface area contributed by atoms with Crippen molar-refractivity contribution in [2.75, 3.05) is 0 Å². The molecular weight excluding hydrogens is 200 g/mol. The van der Waals surface area contributed by atoms with E-state index in [9.17, 15) is 8.78 Å². The number of ether oxygens (including phenoxy) is 1. The molecule has 1 aromatic rings. The van der Waals surface area contributed by atoms with Crippen molar-refractivity contribution in [3.05, 3.63) is 29.3 Å². The van der Waals surface area contributed by atoms with E-state index < -0.39 is 6.61 Å². The highest BCUT2D eigenvalue weighted by Crippen LogP contribution is 2.40. The van der Waals surface area contributed by atoms with E-state index in [2.05, 4.69) is 4.74 Å². The van der Waals surface area contributed by atoms with E-state index in [1.54, 1.807) is 19.1 Å². The molecule has 4 heteroatoms. The third kappa shape index (κ3) is 2.26. The second-order valence-electron chi connectivity index (χ2n) is 3.91. The summed E-state index contributed by atoms with van der Waals surface area (Å²) in [4.78, 5) is 0. The highest BCUT2D eigenvalue weighted by atomic mass is 19.3. The second-order valence-corrected chi connectivity index (χ2v) is 3.91. The molecule has 1 aliphatic carbocycles.